The van der Waals surface area contributed by atoms with Crippen LogP contribution in [0.1, 0.15) is 12.5 Å². The quantitative estimate of drug-likeness (QED) is 0.658. The zero-order chi connectivity index (χ0) is 15.7. The van der Waals surface area contributed by atoms with E-state index in [1.54, 1.807) is 19.2 Å². The van der Waals surface area contributed by atoms with E-state index in [4.69, 9.17) is 27.9 Å². The predicted octanol–water partition coefficient (Wildman–Crippen LogP) is 2.95. The fourth-order valence-electron chi connectivity index (χ4n) is 1.86. The molecule has 1 rings (SSSR count). The van der Waals surface area contributed by atoms with Crippen molar-refractivity contribution in [3.05, 3.63) is 33.8 Å². The highest BCUT2D eigenvalue weighted by Crippen LogP contribution is 2.23. The Morgan fingerprint density at radius 1 is 1.27 bits per heavy atom. The molecule has 0 bridgehead atoms. The summed E-state index contributed by atoms with van der Waals surface area (Å²) in [5, 5.41) is 7.27. The summed E-state index contributed by atoms with van der Waals surface area (Å²) >= 11 is 12.0. The topological polar surface area (TPSA) is 50.4 Å². The van der Waals surface area contributed by atoms with Gasteiger partial charge in [-0.1, -0.05) is 36.2 Å². The first-order valence-corrected chi connectivity index (χ1v) is 7.71. The average Bonchev–Trinajstić information content (AvgIpc) is 2.45. The van der Waals surface area contributed by atoms with Gasteiger partial charge in [-0.05, 0) is 24.1 Å². The largest absolute Gasteiger partial charge is 0.383 e. The number of rotatable bonds is 9. The summed E-state index contributed by atoms with van der Waals surface area (Å²) in [5.74, 6) is -0.114. The third kappa shape index (κ3) is 8.20. The number of hydrogen-bond donors (Lipinski definition) is 2. The third-order valence-corrected chi connectivity index (χ3v) is 3.66. The molecule has 0 saturated carbocycles. The van der Waals surface area contributed by atoms with Gasteiger partial charge < -0.3 is 15.4 Å². The van der Waals surface area contributed by atoms with E-state index in [-0.39, 0.29) is 24.2 Å². The van der Waals surface area contributed by atoms with E-state index < -0.39 is 0 Å². The lowest BCUT2D eigenvalue weighted by molar-refractivity contribution is -0.124. The van der Waals surface area contributed by atoms with Gasteiger partial charge in [-0.2, -0.15) is 0 Å². The summed E-state index contributed by atoms with van der Waals surface area (Å²) in [7, 11) is 1.66. The lowest BCUT2D eigenvalue weighted by atomic mass is 10.0. The van der Waals surface area contributed by atoms with E-state index in [9.17, 15) is 4.79 Å². The minimum Gasteiger partial charge on any atom is -0.383 e. The molecule has 4 nitrogen and oxygen atoms in total. The van der Waals surface area contributed by atoms with Gasteiger partial charge in [-0.15, -0.1) is 12.4 Å². The number of ether oxygens (including phenoxy) is 1. The first-order chi connectivity index (χ1) is 10.0. The van der Waals surface area contributed by atoms with Gasteiger partial charge in [0, 0.05) is 42.7 Å². The van der Waals surface area contributed by atoms with Crippen molar-refractivity contribution in [3.8, 4) is 0 Å². The molecule has 7 heteroatoms. The Hall–Kier alpha value is -0.520. The number of methoxy groups -OCH3 is 1. The average molecular weight is 370 g/mol. The van der Waals surface area contributed by atoms with Crippen LogP contribution in [0.4, 0.5) is 0 Å². The molecular weight excluding hydrogens is 347 g/mol. The smallest absolute Gasteiger partial charge is 0.223 e. The van der Waals surface area contributed by atoms with Crippen LogP contribution in [-0.4, -0.2) is 39.3 Å². The minimum atomic E-state index is -0.136. The highest BCUT2D eigenvalue weighted by Gasteiger charge is 2.14. The molecule has 0 saturated heterocycles. The Morgan fingerprint density at radius 3 is 2.64 bits per heavy atom. The molecule has 0 heterocycles. The van der Waals surface area contributed by atoms with Crippen molar-refractivity contribution in [2.24, 2.45) is 5.92 Å². The maximum absolute atomic E-state index is 12.0. The van der Waals surface area contributed by atoms with Crippen molar-refractivity contribution in [3.63, 3.8) is 0 Å². The zero-order valence-electron chi connectivity index (χ0n) is 12.8. The van der Waals surface area contributed by atoms with Gasteiger partial charge in [-0.3, -0.25) is 4.79 Å². The molecule has 1 aromatic carbocycles. The Bertz CT molecular complexity index is 458. The van der Waals surface area contributed by atoms with Gasteiger partial charge in [0.1, 0.15) is 0 Å². The maximum Gasteiger partial charge on any atom is 0.223 e. The van der Waals surface area contributed by atoms with E-state index in [0.717, 1.165) is 18.7 Å². The van der Waals surface area contributed by atoms with Gasteiger partial charge in [0.05, 0.1) is 6.61 Å². The van der Waals surface area contributed by atoms with Crippen molar-refractivity contribution in [1.82, 2.24) is 10.6 Å². The number of amides is 1. The van der Waals surface area contributed by atoms with Crippen LogP contribution in [0.3, 0.4) is 0 Å². The molecule has 126 valence electrons. The van der Waals surface area contributed by atoms with E-state index >= 15 is 0 Å². The van der Waals surface area contributed by atoms with Crippen molar-refractivity contribution >= 4 is 41.5 Å². The number of halogens is 3. The van der Waals surface area contributed by atoms with Gasteiger partial charge in [0.25, 0.3) is 0 Å². The second kappa shape index (κ2) is 12.0. The van der Waals surface area contributed by atoms with Crippen LogP contribution in [0.15, 0.2) is 18.2 Å². The molecular formula is C15H23Cl3N2O2. The van der Waals surface area contributed by atoms with E-state index in [1.165, 1.54) is 0 Å². The second-order valence-corrected chi connectivity index (χ2v) is 5.72. The lowest BCUT2D eigenvalue weighted by Gasteiger charge is -2.13. The number of benzene rings is 1. The first kappa shape index (κ1) is 21.5. The van der Waals surface area contributed by atoms with Gasteiger partial charge >= 0.3 is 0 Å². The van der Waals surface area contributed by atoms with Gasteiger partial charge in [0.2, 0.25) is 5.91 Å². The fourth-order valence-corrected chi connectivity index (χ4v) is 2.34. The number of hydrogen-bond acceptors (Lipinski definition) is 3. The van der Waals surface area contributed by atoms with Crippen molar-refractivity contribution in [1.29, 1.82) is 0 Å². The van der Waals surface area contributed by atoms with E-state index in [0.29, 0.717) is 29.6 Å². The number of carbonyl (C=O) groups excluding carboxylic acids is 1. The summed E-state index contributed by atoms with van der Waals surface area (Å²) in [6, 6.07) is 5.34. The predicted molar refractivity (Wildman–Crippen MR) is 94.3 cm³/mol. The highest BCUT2D eigenvalue weighted by molar-refractivity contribution is 6.35. The molecule has 0 fully saturated rings. The molecule has 0 aliphatic carbocycles. The first-order valence-electron chi connectivity index (χ1n) is 6.96. The minimum absolute atomic E-state index is 0. The molecule has 0 aliphatic rings. The normalized spacial score (nSPS) is 11.6. The Labute approximate surface area is 148 Å². The monoisotopic (exact) mass is 368 g/mol. The molecule has 1 amide bonds. The Balaban J connectivity index is 0.00000441. The third-order valence-electron chi connectivity index (χ3n) is 3.07. The van der Waals surface area contributed by atoms with Gasteiger partial charge in [-0.25, -0.2) is 0 Å². The van der Waals surface area contributed by atoms with Crippen LogP contribution in [-0.2, 0) is 16.0 Å². The Morgan fingerprint density at radius 2 is 2.00 bits per heavy atom. The number of carbonyl (C=O) groups is 1. The zero-order valence-corrected chi connectivity index (χ0v) is 15.2. The molecule has 1 aromatic rings. The lowest BCUT2D eigenvalue weighted by Crippen LogP contribution is -2.36. The standard InChI is InChI=1S/C15H22Cl2N2O2.ClH/c1-11(9-12-3-4-13(16)10-14(12)17)15(20)19-6-5-18-7-8-21-2;/h3-4,10-11,18H,5-9H2,1-2H3,(H,19,20);1H. The summed E-state index contributed by atoms with van der Waals surface area (Å²) < 4.78 is 4.92. The van der Waals surface area contributed by atoms with Crippen LogP contribution in [0.2, 0.25) is 10.0 Å². The van der Waals surface area contributed by atoms with Crippen molar-refractivity contribution in [2.75, 3.05) is 33.4 Å². The summed E-state index contributed by atoms with van der Waals surface area (Å²) in [6.45, 7) is 4.66. The van der Waals surface area contributed by atoms with Gasteiger partial charge in [0.15, 0.2) is 0 Å². The molecule has 0 radical (unpaired) electrons. The molecule has 22 heavy (non-hydrogen) atoms. The van der Waals surface area contributed by atoms with E-state index in [2.05, 4.69) is 10.6 Å². The summed E-state index contributed by atoms with van der Waals surface area (Å²) in [4.78, 5) is 12.0. The molecule has 0 aromatic heterocycles. The fraction of sp³-hybridized carbons (Fsp3) is 0.533. The summed E-state index contributed by atoms with van der Waals surface area (Å²) in [5.41, 5.74) is 0.932. The van der Waals surface area contributed by atoms with E-state index in [1.807, 2.05) is 13.0 Å². The Kier molecular flexibility index (Phi) is 11.7. The van der Waals surface area contributed by atoms with Crippen LogP contribution in [0.25, 0.3) is 0 Å². The molecule has 2 N–H and O–H groups in total. The molecule has 1 unspecified atom stereocenters. The van der Waals surface area contributed by atoms with Crippen LogP contribution < -0.4 is 10.6 Å². The molecule has 0 aliphatic heterocycles. The summed E-state index contributed by atoms with van der Waals surface area (Å²) in [6.07, 6.45) is 0.596. The highest BCUT2D eigenvalue weighted by atomic mass is 35.5. The van der Waals surface area contributed by atoms with Crippen LogP contribution in [0, 0.1) is 5.92 Å². The number of nitrogens with one attached hydrogen (secondary N) is 2. The SMILES string of the molecule is COCCNCCNC(=O)C(C)Cc1ccc(Cl)cc1Cl.Cl. The van der Waals surface area contributed by atoms with Crippen LogP contribution in [0.5, 0.6) is 0 Å². The van der Waals surface area contributed by atoms with Crippen molar-refractivity contribution in [2.45, 2.75) is 13.3 Å². The van der Waals surface area contributed by atoms with Crippen molar-refractivity contribution < 1.29 is 9.53 Å². The molecule has 0 spiro atoms. The van der Waals surface area contributed by atoms with Crippen LogP contribution >= 0.6 is 35.6 Å². The maximum atomic E-state index is 12.0. The second-order valence-electron chi connectivity index (χ2n) is 4.87. The molecule has 1 atom stereocenters.